The van der Waals surface area contributed by atoms with Gasteiger partial charge in [0.25, 0.3) is 5.91 Å². The summed E-state index contributed by atoms with van der Waals surface area (Å²) in [5, 5.41) is 16.8. The molecule has 0 saturated carbocycles. The lowest BCUT2D eigenvalue weighted by Crippen LogP contribution is -2.20. The molecule has 19 heavy (non-hydrogen) atoms. The Morgan fingerprint density at radius 1 is 1.58 bits per heavy atom. The molecule has 0 aromatic carbocycles. The molecule has 9 nitrogen and oxygen atoms in total. The number of aryl methyl sites for hydroxylation is 2. The summed E-state index contributed by atoms with van der Waals surface area (Å²) in [6, 6.07) is 1.55. The topological polar surface area (TPSA) is 116 Å². The lowest BCUT2D eigenvalue weighted by molar-refractivity contribution is -0.392. The number of carbonyl (C=O) groups excluding carboxylic acids is 1. The van der Waals surface area contributed by atoms with E-state index in [0.717, 1.165) is 6.20 Å². The van der Waals surface area contributed by atoms with Crippen molar-refractivity contribution in [2.45, 2.75) is 20.4 Å². The van der Waals surface area contributed by atoms with Crippen molar-refractivity contribution in [2.75, 3.05) is 5.32 Å². The largest absolute Gasteiger partial charge is 0.360 e. The van der Waals surface area contributed by atoms with Gasteiger partial charge >= 0.3 is 5.82 Å². The number of anilines is 1. The fraction of sp³-hybridized carbons (Fsp3) is 0.300. The van der Waals surface area contributed by atoms with Crippen molar-refractivity contribution in [2.24, 2.45) is 0 Å². The molecule has 2 aromatic rings. The van der Waals surface area contributed by atoms with E-state index in [2.05, 4.69) is 15.5 Å². The van der Waals surface area contributed by atoms with Gasteiger partial charge in [-0.1, -0.05) is 5.16 Å². The summed E-state index contributed by atoms with van der Waals surface area (Å²) in [7, 11) is 0. The second kappa shape index (κ2) is 4.88. The summed E-state index contributed by atoms with van der Waals surface area (Å²) >= 11 is 0. The molecular weight excluding hydrogens is 254 g/mol. The van der Waals surface area contributed by atoms with Gasteiger partial charge in [-0.2, -0.15) is 0 Å². The minimum Gasteiger partial charge on any atom is -0.360 e. The molecule has 1 amide bonds. The summed E-state index contributed by atoms with van der Waals surface area (Å²) in [6.07, 6.45) is 1.11. The summed E-state index contributed by atoms with van der Waals surface area (Å²) in [4.78, 5) is 25.7. The summed E-state index contributed by atoms with van der Waals surface area (Å²) in [6.45, 7) is 3.06. The molecule has 1 N–H and O–H groups in total. The zero-order valence-electron chi connectivity index (χ0n) is 10.3. The van der Waals surface area contributed by atoms with Crippen molar-refractivity contribution >= 4 is 17.5 Å². The number of amides is 1. The second-order valence-electron chi connectivity index (χ2n) is 3.88. The predicted octanol–water partition coefficient (Wildman–Crippen LogP) is 1.03. The van der Waals surface area contributed by atoms with Gasteiger partial charge in [-0.05, 0) is 11.8 Å². The molecule has 2 rings (SSSR count). The molecule has 2 heterocycles. The van der Waals surface area contributed by atoms with Gasteiger partial charge in [0, 0.05) is 13.0 Å². The molecule has 0 saturated heterocycles. The van der Waals surface area contributed by atoms with Crippen LogP contribution in [0.4, 0.5) is 11.6 Å². The quantitative estimate of drug-likeness (QED) is 0.652. The first-order chi connectivity index (χ1) is 8.97. The van der Waals surface area contributed by atoms with Crippen LogP contribution in [0.25, 0.3) is 0 Å². The average Bonchev–Trinajstić information content (AvgIpc) is 2.87. The third-order valence-electron chi connectivity index (χ3n) is 2.42. The number of aromatic nitrogens is 3. The molecule has 0 aliphatic rings. The summed E-state index contributed by atoms with van der Waals surface area (Å²) in [5.41, 5.74) is 0. The Labute approximate surface area is 107 Å². The van der Waals surface area contributed by atoms with Crippen LogP contribution in [-0.2, 0) is 11.3 Å². The van der Waals surface area contributed by atoms with Gasteiger partial charge in [-0.15, -0.1) is 0 Å². The Morgan fingerprint density at radius 2 is 2.32 bits per heavy atom. The number of nitro groups is 1. The van der Waals surface area contributed by atoms with E-state index in [1.54, 1.807) is 19.9 Å². The van der Waals surface area contributed by atoms with Crippen LogP contribution in [0.2, 0.25) is 0 Å². The highest BCUT2D eigenvalue weighted by atomic mass is 16.6. The van der Waals surface area contributed by atoms with Gasteiger partial charge in [0.05, 0.1) is 0 Å². The minimum atomic E-state index is -0.590. The lowest BCUT2D eigenvalue weighted by Gasteiger charge is -2.02. The molecule has 0 aliphatic carbocycles. The molecule has 0 radical (unpaired) electrons. The fourth-order valence-corrected chi connectivity index (χ4v) is 1.55. The molecule has 2 aromatic heterocycles. The number of nitrogens with zero attached hydrogens (tertiary/aromatic N) is 4. The monoisotopic (exact) mass is 265 g/mol. The Kier molecular flexibility index (Phi) is 3.27. The maximum absolute atomic E-state index is 11.8. The highest BCUT2D eigenvalue weighted by Crippen LogP contribution is 2.14. The number of nitrogens with one attached hydrogen (secondary N) is 1. The Morgan fingerprint density at radius 3 is 2.89 bits per heavy atom. The highest BCUT2D eigenvalue weighted by Gasteiger charge is 2.20. The van der Waals surface area contributed by atoms with E-state index in [4.69, 9.17) is 4.52 Å². The third-order valence-corrected chi connectivity index (χ3v) is 2.42. The maximum Gasteiger partial charge on any atom is 0.343 e. The number of rotatable bonds is 4. The standard InChI is InChI=1S/C10H11N5O4/c1-6-3-8(13-19-6)12-9(16)5-14-7(2)11-4-10(14)15(17)18/h3-4H,5H2,1-2H3,(H,12,13,16). The Bertz CT molecular complexity index is 630. The highest BCUT2D eigenvalue weighted by molar-refractivity contribution is 5.89. The lowest BCUT2D eigenvalue weighted by atomic mass is 10.4. The second-order valence-corrected chi connectivity index (χ2v) is 3.88. The van der Waals surface area contributed by atoms with Crippen LogP contribution < -0.4 is 5.32 Å². The molecule has 0 aliphatic heterocycles. The van der Waals surface area contributed by atoms with Crippen molar-refractivity contribution in [3.63, 3.8) is 0 Å². The smallest absolute Gasteiger partial charge is 0.343 e. The van der Waals surface area contributed by atoms with E-state index in [0.29, 0.717) is 11.6 Å². The summed E-state index contributed by atoms with van der Waals surface area (Å²) in [5.74, 6) is 0.530. The van der Waals surface area contributed by atoms with Gasteiger partial charge in [0.15, 0.2) is 18.2 Å². The van der Waals surface area contributed by atoms with Crippen molar-refractivity contribution in [3.05, 3.63) is 34.0 Å². The molecule has 9 heteroatoms. The number of hydrogen-bond donors (Lipinski definition) is 1. The van der Waals surface area contributed by atoms with Crippen LogP contribution in [0, 0.1) is 24.0 Å². The Hall–Kier alpha value is -2.71. The van der Waals surface area contributed by atoms with Gasteiger partial charge in [-0.3, -0.25) is 4.79 Å². The minimum absolute atomic E-state index is 0.214. The van der Waals surface area contributed by atoms with Crippen LogP contribution in [0.1, 0.15) is 11.6 Å². The third kappa shape index (κ3) is 2.76. The van der Waals surface area contributed by atoms with Crippen LogP contribution in [0.3, 0.4) is 0 Å². The van der Waals surface area contributed by atoms with E-state index >= 15 is 0 Å². The molecule has 0 unspecified atom stereocenters. The number of carbonyl (C=O) groups is 1. The Balaban J connectivity index is 2.11. The first-order valence-electron chi connectivity index (χ1n) is 5.37. The normalized spacial score (nSPS) is 10.4. The van der Waals surface area contributed by atoms with E-state index < -0.39 is 10.8 Å². The van der Waals surface area contributed by atoms with Crippen LogP contribution in [0.15, 0.2) is 16.8 Å². The van der Waals surface area contributed by atoms with Gasteiger partial charge in [-0.25, -0.2) is 9.55 Å². The summed E-state index contributed by atoms with van der Waals surface area (Å²) < 4.78 is 6.00. The van der Waals surface area contributed by atoms with Crippen molar-refractivity contribution in [1.29, 1.82) is 0 Å². The van der Waals surface area contributed by atoms with E-state index in [1.165, 1.54) is 4.57 Å². The molecule has 100 valence electrons. The number of imidazole rings is 1. The van der Waals surface area contributed by atoms with E-state index in [-0.39, 0.29) is 18.2 Å². The van der Waals surface area contributed by atoms with E-state index in [1.807, 2.05) is 0 Å². The van der Waals surface area contributed by atoms with Crippen LogP contribution in [-0.4, -0.2) is 25.5 Å². The van der Waals surface area contributed by atoms with Crippen molar-refractivity contribution < 1.29 is 14.2 Å². The first-order valence-corrected chi connectivity index (χ1v) is 5.37. The van der Waals surface area contributed by atoms with Gasteiger partial charge in [0.2, 0.25) is 0 Å². The van der Waals surface area contributed by atoms with E-state index in [9.17, 15) is 14.9 Å². The molecular formula is C10H11N5O4. The SMILES string of the molecule is Cc1cc(NC(=O)Cn2c([N+](=O)[O-])cnc2C)no1. The fourth-order valence-electron chi connectivity index (χ4n) is 1.55. The average molecular weight is 265 g/mol. The molecule has 0 spiro atoms. The van der Waals surface area contributed by atoms with Crippen LogP contribution >= 0.6 is 0 Å². The first kappa shape index (κ1) is 12.7. The zero-order valence-corrected chi connectivity index (χ0v) is 10.3. The molecule has 0 bridgehead atoms. The zero-order chi connectivity index (χ0) is 14.0. The predicted molar refractivity (Wildman–Crippen MR) is 63.5 cm³/mol. The molecule has 0 atom stereocenters. The van der Waals surface area contributed by atoms with Crippen molar-refractivity contribution in [3.8, 4) is 0 Å². The number of hydrogen-bond acceptors (Lipinski definition) is 6. The maximum atomic E-state index is 11.8. The molecule has 0 fully saturated rings. The van der Waals surface area contributed by atoms with Crippen molar-refractivity contribution in [1.82, 2.24) is 14.7 Å². The van der Waals surface area contributed by atoms with Crippen LogP contribution in [0.5, 0.6) is 0 Å². The van der Waals surface area contributed by atoms with Gasteiger partial charge in [0.1, 0.15) is 12.0 Å². The van der Waals surface area contributed by atoms with Gasteiger partial charge < -0.3 is 20.0 Å².